The second kappa shape index (κ2) is 8.62. The first-order valence-electron chi connectivity index (χ1n) is 8.50. The molecule has 1 heterocycles. The van der Waals surface area contributed by atoms with Gasteiger partial charge in [0.15, 0.2) is 0 Å². The third-order valence-corrected chi connectivity index (χ3v) is 4.22. The van der Waals surface area contributed by atoms with Gasteiger partial charge >= 0.3 is 0 Å². The van der Waals surface area contributed by atoms with Crippen molar-refractivity contribution in [3.8, 4) is 0 Å². The fourth-order valence-corrected chi connectivity index (χ4v) is 2.75. The van der Waals surface area contributed by atoms with Gasteiger partial charge in [0.1, 0.15) is 6.29 Å². The SMILES string of the molecule is C/C(C=O)=C/C(=C\N(C)C)c1ccc(C(=O)N2CCN(C)CC2)cc1. The van der Waals surface area contributed by atoms with Gasteiger partial charge < -0.3 is 14.7 Å². The number of carbonyl (C=O) groups excluding carboxylic acids is 2. The van der Waals surface area contributed by atoms with Crippen molar-refractivity contribution in [2.45, 2.75) is 6.92 Å². The second-order valence-corrected chi connectivity index (χ2v) is 6.73. The van der Waals surface area contributed by atoms with Gasteiger partial charge in [-0.15, -0.1) is 0 Å². The first kappa shape index (κ1) is 18.9. The molecule has 0 N–H and O–H groups in total. The average molecular weight is 341 g/mol. The molecule has 0 radical (unpaired) electrons. The van der Waals surface area contributed by atoms with Gasteiger partial charge in [0.2, 0.25) is 0 Å². The van der Waals surface area contributed by atoms with Gasteiger partial charge in [-0.3, -0.25) is 9.59 Å². The van der Waals surface area contributed by atoms with Crippen LogP contribution in [0.3, 0.4) is 0 Å². The number of allylic oxidation sites excluding steroid dienone is 3. The summed E-state index contributed by atoms with van der Waals surface area (Å²) in [5.41, 5.74) is 3.28. The number of benzene rings is 1. The van der Waals surface area contributed by atoms with Crippen molar-refractivity contribution >= 4 is 17.8 Å². The van der Waals surface area contributed by atoms with E-state index in [-0.39, 0.29) is 5.91 Å². The van der Waals surface area contributed by atoms with E-state index in [1.165, 1.54) is 0 Å². The highest BCUT2D eigenvalue weighted by molar-refractivity contribution is 5.95. The zero-order valence-electron chi connectivity index (χ0n) is 15.5. The maximum Gasteiger partial charge on any atom is 0.253 e. The van der Waals surface area contributed by atoms with E-state index in [1.807, 2.05) is 60.4 Å². The third-order valence-electron chi connectivity index (χ3n) is 4.22. The molecule has 1 aromatic rings. The minimum atomic E-state index is 0.0809. The molecule has 5 heteroatoms. The summed E-state index contributed by atoms with van der Waals surface area (Å²) in [4.78, 5) is 29.6. The molecule has 1 amide bonds. The highest BCUT2D eigenvalue weighted by atomic mass is 16.2. The normalized spacial score (nSPS) is 16.7. The molecular weight excluding hydrogens is 314 g/mol. The maximum atomic E-state index is 12.6. The summed E-state index contributed by atoms with van der Waals surface area (Å²) in [6.45, 7) is 5.14. The molecule has 2 rings (SSSR count). The Bertz CT molecular complexity index is 667. The van der Waals surface area contributed by atoms with E-state index in [4.69, 9.17) is 0 Å². The van der Waals surface area contributed by atoms with Crippen molar-refractivity contribution in [2.24, 2.45) is 0 Å². The Morgan fingerprint density at radius 3 is 2.12 bits per heavy atom. The van der Waals surface area contributed by atoms with Gasteiger partial charge in [0.25, 0.3) is 5.91 Å². The lowest BCUT2D eigenvalue weighted by Gasteiger charge is -2.32. The molecule has 0 aliphatic carbocycles. The zero-order valence-corrected chi connectivity index (χ0v) is 15.5. The lowest BCUT2D eigenvalue weighted by atomic mass is 10.0. The van der Waals surface area contributed by atoms with Crippen LogP contribution in [-0.4, -0.2) is 74.2 Å². The van der Waals surface area contributed by atoms with E-state index in [2.05, 4.69) is 11.9 Å². The van der Waals surface area contributed by atoms with Crippen molar-refractivity contribution in [3.05, 3.63) is 53.2 Å². The summed E-state index contributed by atoms with van der Waals surface area (Å²) in [7, 11) is 5.95. The quantitative estimate of drug-likeness (QED) is 0.467. The predicted octanol–water partition coefficient (Wildman–Crippen LogP) is 2.12. The van der Waals surface area contributed by atoms with Crippen LogP contribution >= 0.6 is 0 Å². The predicted molar refractivity (Wildman–Crippen MR) is 101 cm³/mol. The highest BCUT2D eigenvalue weighted by Crippen LogP contribution is 2.19. The number of hydrogen-bond donors (Lipinski definition) is 0. The van der Waals surface area contributed by atoms with E-state index < -0.39 is 0 Å². The number of amides is 1. The molecular formula is C20H27N3O2. The molecule has 1 fully saturated rings. The van der Waals surface area contributed by atoms with Crippen LogP contribution in [0.4, 0.5) is 0 Å². The molecule has 5 nitrogen and oxygen atoms in total. The minimum Gasteiger partial charge on any atom is -0.383 e. The summed E-state index contributed by atoms with van der Waals surface area (Å²) in [6, 6.07) is 7.60. The minimum absolute atomic E-state index is 0.0809. The Hall–Kier alpha value is -2.40. The van der Waals surface area contributed by atoms with E-state index in [1.54, 1.807) is 6.92 Å². The second-order valence-electron chi connectivity index (χ2n) is 6.73. The van der Waals surface area contributed by atoms with Crippen LogP contribution in [0.2, 0.25) is 0 Å². The molecule has 1 saturated heterocycles. The molecule has 0 aromatic heterocycles. The first-order valence-corrected chi connectivity index (χ1v) is 8.50. The van der Waals surface area contributed by atoms with Crippen LogP contribution in [0.15, 0.2) is 42.1 Å². The van der Waals surface area contributed by atoms with Gasteiger partial charge in [0.05, 0.1) is 0 Å². The van der Waals surface area contributed by atoms with Crippen molar-refractivity contribution in [1.82, 2.24) is 14.7 Å². The van der Waals surface area contributed by atoms with Gasteiger partial charge in [-0.05, 0) is 48.9 Å². The summed E-state index contributed by atoms with van der Waals surface area (Å²) in [5.74, 6) is 0.0809. The maximum absolute atomic E-state index is 12.6. The number of nitrogens with zero attached hydrogens (tertiary/aromatic N) is 3. The van der Waals surface area contributed by atoms with Gasteiger partial charge in [-0.25, -0.2) is 0 Å². The smallest absolute Gasteiger partial charge is 0.253 e. The molecule has 25 heavy (non-hydrogen) atoms. The Morgan fingerprint density at radius 2 is 1.60 bits per heavy atom. The lowest BCUT2D eigenvalue weighted by Crippen LogP contribution is -2.47. The van der Waals surface area contributed by atoms with Crippen LogP contribution < -0.4 is 0 Å². The molecule has 0 spiro atoms. The largest absolute Gasteiger partial charge is 0.383 e. The molecule has 1 aliphatic rings. The Labute approximate surface area is 150 Å². The van der Waals surface area contributed by atoms with E-state index in [0.29, 0.717) is 11.1 Å². The lowest BCUT2D eigenvalue weighted by molar-refractivity contribution is -0.104. The van der Waals surface area contributed by atoms with Crippen molar-refractivity contribution in [2.75, 3.05) is 47.3 Å². The molecule has 1 aliphatic heterocycles. The van der Waals surface area contributed by atoms with E-state index in [0.717, 1.165) is 43.6 Å². The van der Waals surface area contributed by atoms with Gasteiger partial charge in [0, 0.05) is 52.0 Å². The molecule has 1 aromatic carbocycles. The molecule has 0 atom stereocenters. The molecule has 0 unspecified atom stereocenters. The number of piperazine rings is 1. The van der Waals surface area contributed by atoms with E-state index >= 15 is 0 Å². The van der Waals surface area contributed by atoms with Gasteiger partial charge in [-0.2, -0.15) is 0 Å². The van der Waals surface area contributed by atoms with Crippen LogP contribution in [0, 0.1) is 0 Å². The van der Waals surface area contributed by atoms with Crippen LogP contribution in [0.25, 0.3) is 5.57 Å². The third kappa shape index (κ3) is 5.29. The number of rotatable bonds is 5. The summed E-state index contributed by atoms with van der Waals surface area (Å²) >= 11 is 0. The van der Waals surface area contributed by atoms with Crippen molar-refractivity contribution in [1.29, 1.82) is 0 Å². The summed E-state index contributed by atoms with van der Waals surface area (Å²) in [5, 5.41) is 0. The van der Waals surface area contributed by atoms with Crippen LogP contribution in [0.1, 0.15) is 22.8 Å². The van der Waals surface area contributed by atoms with Gasteiger partial charge in [-0.1, -0.05) is 12.1 Å². The van der Waals surface area contributed by atoms with E-state index in [9.17, 15) is 9.59 Å². The van der Waals surface area contributed by atoms with Crippen molar-refractivity contribution < 1.29 is 9.59 Å². The number of aldehydes is 1. The average Bonchev–Trinajstić information content (AvgIpc) is 2.61. The molecule has 0 saturated carbocycles. The Balaban J connectivity index is 2.19. The number of carbonyl (C=O) groups is 2. The monoisotopic (exact) mass is 341 g/mol. The topological polar surface area (TPSA) is 43.9 Å². The standard InChI is InChI=1S/C20H27N3O2/c1-16(15-24)13-19(14-21(2)3)17-5-7-18(8-6-17)20(25)23-11-9-22(4)10-12-23/h5-8,13-15H,9-12H2,1-4H3/b16-13-,19-14+. The molecule has 134 valence electrons. The Morgan fingerprint density at radius 1 is 1.04 bits per heavy atom. The summed E-state index contributed by atoms with van der Waals surface area (Å²) < 4.78 is 0. The first-order chi connectivity index (χ1) is 11.9. The fourth-order valence-electron chi connectivity index (χ4n) is 2.75. The number of likely N-dealkylation sites (N-methyl/N-ethyl adjacent to an activating group) is 1. The Kier molecular flexibility index (Phi) is 6.53. The number of hydrogen-bond acceptors (Lipinski definition) is 4. The highest BCUT2D eigenvalue weighted by Gasteiger charge is 2.20. The summed E-state index contributed by atoms with van der Waals surface area (Å²) in [6.07, 6.45) is 4.66. The van der Waals surface area contributed by atoms with Crippen LogP contribution in [-0.2, 0) is 4.79 Å². The van der Waals surface area contributed by atoms with Crippen molar-refractivity contribution in [3.63, 3.8) is 0 Å². The zero-order chi connectivity index (χ0) is 18.4. The molecule has 0 bridgehead atoms. The fraction of sp³-hybridized carbons (Fsp3) is 0.400. The van der Waals surface area contributed by atoms with Crippen LogP contribution in [0.5, 0.6) is 0 Å².